The van der Waals surface area contributed by atoms with Gasteiger partial charge in [-0.25, -0.2) is 29.9 Å². The van der Waals surface area contributed by atoms with Crippen molar-refractivity contribution in [2.24, 2.45) is 0 Å². The van der Waals surface area contributed by atoms with Gasteiger partial charge in [0.2, 0.25) is 58.1 Å². The van der Waals surface area contributed by atoms with Crippen LogP contribution in [0.4, 0.5) is 0 Å². The molecule has 0 bridgehead atoms. The lowest BCUT2D eigenvalue weighted by atomic mass is 10.0. The van der Waals surface area contributed by atoms with Crippen LogP contribution in [-0.2, 0) is 0 Å². The van der Waals surface area contributed by atoms with Crippen LogP contribution in [0.15, 0.2) is 219 Å². The fourth-order valence-corrected chi connectivity index (χ4v) is 7.53. The minimum Gasteiger partial charge on any atom is -0.285 e. The summed E-state index contributed by atoms with van der Waals surface area (Å²) < 4.78 is 0. The second-order valence-electron chi connectivity index (χ2n) is 15.7. The van der Waals surface area contributed by atoms with Crippen LogP contribution in [0.3, 0.4) is 0 Å². The van der Waals surface area contributed by atoms with Crippen molar-refractivity contribution in [2.45, 2.75) is 0 Å². The minimum atomic E-state index is -1.12. The molecule has 334 valence electrons. The van der Waals surface area contributed by atoms with E-state index in [1.54, 1.807) is 115 Å². The lowest BCUT2D eigenvalue weighted by Crippen LogP contribution is -2.23. The summed E-state index contributed by atoms with van der Waals surface area (Å²) in [5, 5.41) is 0. The Labute approximate surface area is 402 Å². The lowest BCUT2D eigenvalue weighted by molar-refractivity contribution is 0.100. The molecule has 0 amide bonds. The second kappa shape index (κ2) is 20.3. The molecule has 0 unspecified atom stereocenters. The summed E-state index contributed by atoms with van der Waals surface area (Å²) >= 11 is 0. The van der Waals surface area contributed by atoms with Crippen LogP contribution in [-0.4, -0.2) is 58.8 Å². The van der Waals surface area contributed by atoms with E-state index in [4.69, 9.17) is 0 Å². The number of rotatable bonds is 16. The first-order valence-corrected chi connectivity index (χ1v) is 21.9. The first-order valence-electron chi connectivity index (χ1n) is 21.9. The van der Waals surface area contributed by atoms with E-state index < -0.39 is 63.9 Å². The molecule has 11 heteroatoms. The summed E-state index contributed by atoms with van der Waals surface area (Å²) in [5.41, 5.74) is 7.46. The highest BCUT2D eigenvalue weighted by molar-refractivity contribution is 6.13. The van der Waals surface area contributed by atoms with Gasteiger partial charge in [0, 0.05) is 22.3 Å². The number of benzene rings is 7. The minimum absolute atomic E-state index is 0.137. The van der Waals surface area contributed by atoms with Crippen LogP contribution in [0.2, 0.25) is 0 Å². The third-order valence-corrected chi connectivity index (χ3v) is 11.2. The Hall–Kier alpha value is -9.87. The van der Waals surface area contributed by atoms with Gasteiger partial charge in [0.05, 0.1) is 0 Å². The Bertz CT molecular complexity index is 3390. The molecule has 2 heterocycles. The molecule has 0 saturated heterocycles. The summed E-state index contributed by atoms with van der Waals surface area (Å²) in [6, 6.07) is 55.3. The summed E-state index contributed by atoms with van der Waals surface area (Å²) in [6.07, 6.45) is 5.03. The largest absolute Gasteiger partial charge is 0.285 e. The summed E-state index contributed by atoms with van der Waals surface area (Å²) in [6.45, 7) is 7.59. The lowest BCUT2D eigenvalue weighted by Gasteiger charge is -2.09. The zero-order valence-corrected chi connectivity index (χ0v) is 37.3. The summed E-state index contributed by atoms with van der Waals surface area (Å²) in [5.74, 6) is -7.44. The molecule has 0 N–H and O–H groups in total. The molecule has 0 spiro atoms. The number of ketones is 5. The van der Waals surface area contributed by atoms with E-state index in [0.717, 1.165) is 44.5 Å². The van der Waals surface area contributed by atoms with Crippen LogP contribution in [0.5, 0.6) is 0 Å². The second-order valence-corrected chi connectivity index (χ2v) is 15.7. The van der Waals surface area contributed by atoms with Gasteiger partial charge in [-0.05, 0) is 44.5 Å². The molecule has 0 aliphatic rings. The van der Waals surface area contributed by atoms with Crippen molar-refractivity contribution in [3.8, 4) is 33.4 Å². The fraction of sp³-hybridized carbons (Fsp3) is 0. The Morgan fingerprint density at radius 2 is 0.514 bits per heavy atom. The van der Waals surface area contributed by atoms with Crippen molar-refractivity contribution >= 4 is 34.5 Å². The van der Waals surface area contributed by atoms with Crippen molar-refractivity contribution in [1.82, 2.24) is 29.9 Å². The predicted octanol–water partition coefficient (Wildman–Crippen LogP) is 11.0. The van der Waals surface area contributed by atoms with Gasteiger partial charge in [0.25, 0.3) is 5.78 Å². The molecule has 9 aromatic rings. The maximum absolute atomic E-state index is 14.7. The molecule has 70 heavy (non-hydrogen) atoms. The number of hydrogen-bond acceptors (Lipinski definition) is 11. The zero-order chi connectivity index (χ0) is 48.6. The standard InChI is InChI=1S/C59H38N6O5/c1-3-14-37(4-2)41-21-29-45(30-22-41)49(66)54-60-55(50(67)46-31-23-42(24-32-46)38-15-8-5-9-16-38)63-58(62-54)53(70)59-64-56(51(68)47-33-25-43(26-34-47)39-17-10-6-11-18-39)61-57(65-59)52(69)48-35-27-44(28-36-48)40-19-12-7-13-20-40/h3-36H,1-2H2/b37-14+. The number of nitrogens with zero attached hydrogens (tertiary/aromatic N) is 6. The molecule has 9 rings (SSSR count). The van der Waals surface area contributed by atoms with E-state index in [1.807, 2.05) is 91.0 Å². The first-order chi connectivity index (χ1) is 34.2. The van der Waals surface area contributed by atoms with Crippen molar-refractivity contribution in [1.29, 1.82) is 0 Å². The van der Waals surface area contributed by atoms with Crippen molar-refractivity contribution in [2.75, 3.05) is 0 Å². The third kappa shape index (κ3) is 9.80. The van der Waals surface area contributed by atoms with Gasteiger partial charge < -0.3 is 0 Å². The van der Waals surface area contributed by atoms with E-state index in [2.05, 4.69) is 43.1 Å². The van der Waals surface area contributed by atoms with E-state index in [1.165, 1.54) is 0 Å². The highest BCUT2D eigenvalue weighted by Crippen LogP contribution is 2.25. The third-order valence-electron chi connectivity index (χ3n) is 11.2. The number of aromatic nitrogens is 6. The molecule has 0 aliphatic carbocycles. The monoisotopic (exact) mass is 910 g/mol. The van der Waals surface area contributed by atoms with E-state index in [-0.39, 0.29) is 22.3 Å². The maximum Gasteiger partial charge on any atom is 0.267 e. The Morgan fingerprint density at radius 1 is 0.286 bits per heavy atom. The summed E-state index contributed by atoms with van der Waals surface area (Å²) in [4.78, 5) is 97.4. The van der Waals surface area contributed by atoms with Crippen LogP contribution in [0.1, 0.15) is 86.7 Å². The first kappa shape index (κ1) is 45.3. The molecule has 7 aromatic carbocycles. The fourth-order valence-electron chi connectivity index (χ4n) is 7.53. The van der Waals surface area contributed by atoms with Gasteiger partial charge in [-0.15, -0.1) is 0 Å². The van der Waals surface area contributed by atoms with Gasteiger partial charge in [-0.2, -0.15) is 0 Å². The van der Waals surface area contributed by atoms with E-state index >= 15 is 0 Å². The number of allylic oxidation sites excluding steroid dienone is 4. The van der Waals surface area contributed by atoms with Crippen molar-refractivity contribution < 1.29 is 24.0 Å². The molecule has 0 atom stereocenters. The van der Waals surface area contributed by atoms with Crippen LogP contribution < -0.4 is 0 Å². The number of hydrogen-bond donors (Lipinski definition) is 0. The van der Waals surface area contributed by atoms with Gasteiger partial charge in [0.1, 0.15) is 0 Å². The average molecular weight is 911 g/mol. The van der Waals surface area contributed by atoms with Gasteiger partial charge in [0.15, 0.2) is 0 Å². The van der Waals surface area contributed by atoms with Crippen LogP contribution in [0.25, 0.3) is 39.0 Å². The van der Waals surface area contributed by atoms with Gasteiger partial charge in [-0.1, -0.05) is 219 Å². The normalized spacial score (nSPS) is 11.1. The molecular weight excluding hydrogens is 873 g/mol. The Balaban J connectivity index is 1.13. The van der Waals surface area contributed by atoms with Crippen molar-refractivity contribution in [3.05, 3.63) is 282 Å². The quantitative estimate of drug-likeness (QED) is 0.0669. The molecular formula is C59H38N6O5. The molecule has 0 radical (unpaired) electrons. The predicted molar refractivity (Wildman–Crippen MR) is 267 cm³/mol. The zero-order valence-electron chi connectivity index (χ0n) is 37.3. The molecule has 0 aliphatic heterocycles. The highest BCUT2D eigenvalue weighted by atomic mass is 16.2. The topological polar surface area (TPSA) is 163 Å². The maximum atomic E-state index is 14.7. The van der Waals surface area contributed by atoms with E-state index in [9.17, 15) is 24.0 Å². The van der Waals surface area contributed by atoms with E-state index in [0.29, 0.717) is 0 Å². The molecule has 0 saturated carbocycles. The Kier molecular flexibility index (Phi) is 13.2. The molecule has 2 aromatic heterocycles. The summed E-state index contributed by atoms with van der Waals surface area (Å²) in [7, 11) is 0. The average Bonchev–Trinajstić information content (AvgIpc) is 3.44. The number of carbonyl (C=O) groups excluding carboxylic acids is 5. The Morgan fingerprint density at radius 3 is 0.771 bits per heavy atom. The molecule has 0 fully saturated rings. The van der Waals surface area contributed by atoms with Gasteiger partial charge in [-0.3, -0.25) is 24.0 Å². The van der Waals surface area contributed by atoms with Crippen molar-refractivity contribution in [3.63, 3.8) is 0 Å². The highest BCUT2D eigenvalue weighted by Gasteiger charge is 2.29. The molecule has 11 nitrogen and oxygen atoms in total. The van der Waals surface area contributed by atoms with Crippen LogP contribution >= 0.6 is 0 Å². The van der Waals surface area contributed by atoms with Crippen LogP contribution in [0, 0.1) is 0 Å². The SMILES string of the molecule is C=C/C=C(\C=C)c1ccc(C(=O)c2nc(C(=O)c3ccc(-c4ccccc4)cc3)nc(C(=O)c3nc(C(=O)c4ccc(-c5ccccc5)cc4)nc(C(=O)c4ccc(-c5ccccc5)cc4)n3)n2)cc1. The number of carbonyl (C=O) groups is 5. The van der Waals surface area contributed by atoms with Gasteiger partial charge >= 0.3 is 0 Å². The smallest absolute Gasteiger partial charge is 0.267 e.